The molecule has 0 unspecified atom stereocenters. The molecule has 0 saturated carbocycles. The van der Waals surface area contributed by atoms with Gasteiger partial charge in [0.25, 0.3) is 0 Å². The zero-order valence-electron chi connectivity index (χ0n) is 35.3. The molecule has 0 amide bonds. The second kappa shape index (κ2) is 23.2. The van der Waals surface area contributed by atoms with Crippen LogP contribution in [0.25, 0.3) is 22.5 Å². The van der Waals surface area contributed by atoms with Gasteiger partial charge in [0.2, 0.25) is 0 Å². The molecule has 1 aliphatic rings. The van der Waals surface area contributed by atoms with E-state index >= 15 is 0 Å². The van der Waals surface area contributed by atoms with Crippen molar-refractivity contribution in [3.63, 3.8) is 0 Å². The minimum Gasteiger partial charge on any atom is -0.504 e. The first-order valence-electron chi connectivity index (χ1n) is 19.5. The average molecular weight is 1080 g/mol. The number of aromatic amines is 1. The summed E-state index contributed by atoms with van der Waals surface area (Å²) in [5.74, 6) is -2.99. The van der Waals surface area contributed by atoms with Crippen LogP contribution in [0.3, 0.4) is 0 Å². The fraction of sp³-hybridized carbons (Fsp3) is 0.128. The normalized spacial score (nSPS) is 13.0. The summed E-state index contributed by atoms with van der Waals surface area (Å²) < 4.78 is 45.3. The van der Waals surface area contributed by atoms with Crippen molar-refractivity contribution in [1.82, 2.24) is 29.8 Å². The van der Waals surface area contributed by atoms with Crippen LogP contribution in [0.5, 0.6) is 11.5 Å². The van der Waals surface area contributed by atoms with Crippen molar-refractivity contribution < 1.29 is 37.9 Å². The van der Waals surface area contributed by atoms with Crippen molar-refractivity contribution in [1.29, 1.82) is 0 Å². The Morgan fingerprint density at radius 1 is 0.615 bits per heavy atom. The predicted octanol–water partition coefficient (Wildman–Crippen LogP) is 11.1. The number of benzene rings is 5. The number of phenolic OH excluding ortho intramolecular Hbond substituents is 2. The van der Waals surface area contributed by atoms with Gasteiger partial charge in [0.1, 0.15) is 0 Å². The molecule has 334 valence electrons. The van der Waals surface area contributed by atoms with Crippen molar-refractivity contribution in [2.45, 2.75) is 38.9 Å². The predicted molar refractivity (Wildman–Crippen MR) is 257 cm³/mol. The van der Waals surface area contributed by atoms with Crippen LogP contribution in [0, 0.1) is 11.6 Å². The number of aldehydes is 2. The van der Waals surface area contributed by atoms with Gasteiger partial charge in [-0.25, -0.2) is 18.1 Å². The van der Waals surface area contributed by atoms with Gasteiger partial charge in [-0.1, -0.05) is 70.5 Å². The number of nitrogens with one attached hydrogen (secondary N) is 1. The third kappa shape index (κ3) is 14.0. The Balaban J connectivity index is 0.000000164. The second-order valence-electron chi connectivity index (χ2n) is 14.8. The first-order chi connectivity index (χ1) is 31.0. The van der Waals surface area contributed by atoms with Gasteiger partial charge < -0.3 is 19.5 Å². The monoisotopic (exact) mass is 1070 g/mol. The number of carbonyl (C=O) groups is 2. The lowest BCUT2D eigenvalue weighted by Crippen LogP contribution is -2.41. The highest BCUT2D eigenvalue weighted by Gasteiger charge is 2.52. The maximum atomic E-state index is 13.6. The van der Waals surface area contributed by atoms with Gasteiger partial charge in [-0.05, 0) is 131 Å². The Morgan fingerprint density at radius 2 is 1.11 bits per heavy atom. The number of phenols is 2. The molecule has 0 bridgehead atoms. The lowest BCUT2D eigenvalue weighted by molar-refractivity contribution is 0.00578. The molecule has 8 aromatic rings. The van der Waals surface area contributed by atoms with E-state index in [-0.39, 0.29) is 11.1 Å². The third-order valence-corrected chi connectivity index (χ3v) is 11.1. The molecule has 0 atom stereocenters. The van der Waals surface area contributed by atoms with E-state index < -0.39 is 41.5 Å². The minimum atomic E-state index is -0.866. The van der Waals surface area contributed by atoms with E-state index in [2.05, 4.69) is 68.2 Å². The molecule has 0 radical (unpaired) electrons. The summed E-state index contributed by atoms with van der Waals surface area (Å²) in [6.45, 7) is 7.52. The van der Waals surface area contributed by atoms with Gasteiger partial charge in [-0.2, -0.15) is 15.3 Å². The molecule has 0 spiro atoms. The molecule has 1 saturated heterocycles. The molecular formula is C47H42BBr3F2N6O6. The third-order valence-electron chi connectivity index (χ3n) is 9.69. The number of aromatic hydroxyl groups is 2. The van der Waals surface area contributed by atoms with Crippen LogP contribution in [-0.4, -0.2) is 70.9 Å². The standard InChI is InChI=1S/C16H11FN2O2.C13H16BFO4.C9H7BrN2.C6H5Br.C3H3BrN2/c17-15-7-11(6-12(10-20)16(15)21)13-8-18-19(9-13)14-4-2-1-3-5-14;1-12(2)13(3,4)19-14(18-12)9-5-8(7-16)11(17)10(15)6-9;10-8-6-11-12(7-8)9-4-2-1-3-5-9;7-6-4-2-1-3-5-6;4-3-1-5-6-2-3/h1-10,21H;5-7,17H,1-4H3;1-7H;1-5H;1-2H,(H,5,6). The number of para-hydroxylation sites is 2. The van der Waals surface area contributed by atoms with Crippen molar-refractivity contribution >= 4 is 72.9 Å². The van der Waals surface area contributed by atoms with Crippen molar-refractivity contribution in [3.8, 4) is 34.0 Å². The molecule has 1 aliphatic heterocycles. The van der Waals surface area contributed by atoms with E-state index in [4.69, 9.17) is 9.31 Å². The lowest BCUT2D eigenvalue weighted by atomic mass is 9.78. The van der Waals surface area contributed by atoms with E-state index in [0.29, 0.717) is 29.2 Å². The van der Waals surface area contributed by atoms with Gasteiger partial charge in [0.05, 0.1) is 61.2 Å². The summed E-state index contributed by atoms with van der Waals surface area (Å²) in [5, 5.41) is 33.5. The maximum Gasteiger partial charge on any atom is 0.494 e. The molecule has 1 fully saturated rings. The molecule has 65 heavy (non-hydrogen) atoms. The van der Waals surface area contributed by atoms with Crippen molar-refractivity contribution in [2.75, 3.05) is 0 Å². The van der Waals surface area contributed by atoms with Crippen LogP contribution in [0.4, 0.5) is 8.78 Å². The largest absolute Gasteiger partial charge is 0.504 e. The summed E-state index contributed by atoms with van der Waals surface area (Å²) in [5.41, 5.74) is 2.15. The Morgan fingerprint density at radius 3 is 1.54 bits per heavy atom. The molecule has 5 aromatic carbocycles. The van der Waals surface area contributed by atoms with Crippen LogP contribution < -0.4 is 5.46 Å². The molecule has 9 rings (SSSR count). The van der Waals surface area contributed by atoms with Gasteiger partial charge in [-0.3, -0.25) is 14.7 Å². The first-order valence-corrected chi connectivity index (χ1v) is 21.9. The number of aromatic nitrogens is 6. The topological polar surface area (TPSA) is 157 Å². The lowest BCUT2D eigenvalue weighted by Gasteiger charge is -2.32. The number of hydrogen-bond donors (Lipinski definition) is 3. The number of halogens is 5. The van der Waals surface area contributed by atoms with Gasteiger partial charge in [-0.15, -0.1) is 0 Å². The zero-order chi connectivity index (χ0) is 47.1. The van der Waals surface area contributed by atoms with E-state index in [1.165, 1.54) is 18.2 Å². The highest BCUT2D eigenvalue weighted by atomic mass is 79.9. The quantitative estimate of drug-likeness (QED) is 0.109. The van der Waals surface area contributed by atoms with E-state index in [0.717, 1.165) is 30.9 Å². The minimum absolute atomic E-state index is 0.0857. The fourth-order valence-corrected chi connectivity index (χ4v) is 6.39. The van der Waals surface area contributed by atoms with Crippen molar-refractivity contribution in [2.24, 2.45) is 0 Å². The summed E-state index contributed by atoms with van der Waals surface area (Å²) in [6, 6.07) is 34.5. The Hall–Kier alpha value is -6.05. The van der Waals surface area contributed by atoms with Gasteiger partial charge in [0.15, 0.2) is 35.7 Å². The number of rotatable bonds is 6. The molecule has 0 aliphatic carbocycles. The molecule has 18 heteroatoms. The molecule has 3 aromatic heterocycles. The van der Waals surface area contributed by atoms with Crippen molar-refractivity contribution in [3.05, 3.63) is 189 Å². The van der Waals surface area contributed by atoms with E-state index in [1.807, 2.05) is 130 Å². The number of nitrogens with zero attached hydrogens (tertiary/aromatic N) is 5. The van der Waals surface area contributed by atoms with Gasteiger partial charge in [0, 0.05) is 28.6 Å². The number of carbonyl (C=O) groups excluding carboxylic acids is 2. The fourth-order valence-electron chi connectivity index (χ4n) is 5.59. The molecule has 3 N–H and O–H groups in total. The van der Waals surface area contributed by atoms with E-state index in [1.54, 1.807) is 35.7 Å². The summed E-state index contributed by atoms with van der Waals surface area (Å²) in [6.07, 6.45) is 11.3. The van der Waals surface area contributed by atoms with Gasteiger partial charge >= 0.3 is 7.12 Å². The summed E-state index contributed by atoms with van der Waals surface area (Å²) in [4.78, 5) is 21.6. The molecular weight excluding hydrogens is 1030 g/mol. The Labute approximate surface area is 399 Å². The zero-order valence-corrected chi connectivity index (χ0v) is 40.1. The van der Waals surface area contributed by atoms with Crippen LogP contribution >= 0.6 is 47.8 Å². The Bertz CT molecular complexity index is 2750. The van der Waals surface area contributed by atoms with E-state index in [9.17, 15) is 28.6 Å². The highest BCUT2D eigenvalue weighted by Crippen LogP contribution is 2.37. The number of H-pyrrole nitrogens is 1. The average Bonchev–Trinajstić information content (AvgIpc) is 4.13. The van der Waals surface area contributed by atoms with Crippen LogP contribution in [0.2, 0.25) is 0 Å². The SMILES string of the molecule is Brc1ccccc1.Brc1cn[nH]c1.Brc1cnn(-c2ccccc2)c1.CC1(C)OB(c2cc(F)c(O)c(C=O)c2)OC1(C)C.O=Cc1cc(-c2cnn(-c3ccccc3)c2)cc(F)c1O. The smallest absolute Gasteiger partial charge is 0.494 e. The first kappa shape index (κ1) is 50.0. The molecule has 12 nitrogen and oxygen atoms in total. The number of hydrogen-bond acceptors (Lipinski definition) is 9. The van der Waals surface area contributed by atoms with Crippen LogP contribution in [0.15, 0.2) is 166 Å². The van der Waals surface area contributed by atoms with Crippen LogP contribution in [-0.2, 0) is 9.31 Å². The van der Waals surface area contributed by atoms with Crippen LogP contribution in [0.1, 0.15) is 48.4 Å². The maximum absolute atomic E-state index is 13.6. The molecule has 4 heterocycles. The summed E-state index contributed by atoms with van der Waals surface area (Å²) in [7, 11) is -0.765. The second-order valence-corrected chi connectivity index (χ2v) is 17.6. The Kier molecular flexibility index (Phi) is 17.9. The highest BCUT2D eigenvalue weighted by molar-refractivity contribution is 9.11. The summed E-state index contributed by atoms with van der Waals surface area (Å²) >= 11 is 9.84.